The van der Waals surface area contributed by atoms with Gasteiger partial charge in [0.1, 0.15) is 6.61 Å². The van der Waals surface area contributed by atoms with E-state index in [4.69, 9.17) is 9.84 Å². The van der Waals surface area contributed by atoms with Gasteiger partial charge in [-0.05, 0) is 0 Å². The molecule has 0 radical (unpaired) electrons. The first-order valence-corrected chi connectivity index (χ1v) is 3.80. The second-order valence-electron chi connectivity index (χ2n) is 2.40. The second kappa shape index (κ2) is 5.14. The zero-order chi connectivity index (χ0) is 7.94. The number of morpholine rings is 1. The van der Waals surface area contributed by atoms with Crippen LogP contribution < -0.4 is 0 Å². The Bertz CT molecular complexity index is 153. The van der Waals surface area contributed by atoms with Gasteiger partial charge in [0, 0.05) is 13.1 Å². The van der Waals surface area contributed by atoms with Gasteiger partial charge < -0.3 is 9.84 Å². The van der Waals surface area contributed by atoms with Gasteiger partial charge in [0.25, 0.3) is 0 Å². The number of aliphatic hydroxyl groups is 1. The van der Waals surface area contributed by atoms with Gasteiger partial charge in [-0.1, -0.05) is 11.8 Å². The number of nitrogens with zero attached hydrogens (tertiary/aromatic N) is 1. The maximum Gasteiger partial charge on any atom is 0.104 e. The number of aliphatic hydroxyl groups excluding tert-OH is 1. The Hall–Kier alpha value is -0.560. The van der Waals surface area contributed by atoms with Crippen molar-refractivity contribution < 1.29 is 9.84 Å². The molecule has 0 aromatic carbocycles. The van der Waals surface area contributed by atoms with Gasteiger partial charge in [0.05, 0.1) is 19.8 Å². The van der Waals surface area contributed by atoms with Crippen molar-refractivity contribution in [1.82, 2.24) is 4.90 Å². The van der Waals surface area contributed by atoms with Crippen LogP contribution in [0.25, 0.3) is 0 Å². The van der Waals surface area contributed by atoms with Crippen LogP contribution in [-0.4, -0.2) is 49.5 Å². The van der Waals surface area contributed by atoms with Crippen LogP contribution in [0.1, 0.15) is 0 Å². The van der Waals surface area contributed by atoms with Crippen molar-refractivity contribution in [3.63, 3.8) is 0 Å². The summed E-state index contributed by atoms with van der Waals surface area (Å²) in [6, 6.07) is 0. The van der Waals surface area contributed by atoms with Crippen LogP contribution in [0.3, 0.4) is 0 Å². The molecule has 3 nitrogen and oxygen atoms in total. The lowest BCUT2D eigenvalue weighted by Crippen LogP contribution is -2.36. The van der Waals surface area contributed by atoms with E-state index < -0.39 is 0 Å². The Kier molecular flexibility index (Phi) is 3.99. The first-order chi connectivity index (χ1) is 5.43. The molecule has 0 aromatic rings. The highest BCUT2D eigenvalue weighted by Gasteiger charge is 2.07. The van der Waals surface area contributed by atoms with Crippen molar-refractivity contribution in [1.29, 1.82) is 0 Å². The second-order valence-corrected chi connectivity index (χ2v) is 2.40. The van der Waals surface area contributed by atoms with Crippen molar-refractivity contribution in [2.45, 2.75) is 0 Å². The normalized spacial score (nSPS) is 19.0. The molecule has 0 atom stereocenters. The first-order valence-electron chi connectivity index (χ1n) is 3.80. The van der Waals surface area contributed by atoms with E-state index in [1.54, 1.807) is 0 Å². The monoisotopic (exact) mass is 155 g/mol. The minimum atomic E-state index is -0.0374. The summed E-state index contributed by atoms with van der Waals surface area (Å²) in [4.78, 5) is 2.21. The molecule has 62 valence electrons. The van der Waals surface area contributed by atoms with E-state index in [0.29, 0.717) is 0 Å². The van der Waals surface area contributed by atoms with Crippen LogP contribution >= 0.6 is 0 Å². The van der Waals surface area contributed by atoms with E-state index in [2.05, 4.69) is 16.7 Å². The van der Waals surface area contributed by atoms with E-state index in [9.17, 15) is 0 Å². The minimum absolute atomic E-state index is 0.0374. The molecule has 3 heteroatoms. The Morgan fingerprint density at radius 2 is 2.00 bits per heavy atom. The molecule has 1 saturated heterocycles. The summed E-state index contributed by atoms with van der Waals surface area (Å²) in [5.41, 5.74) is 0. The molecular weight excluding hydrogens is 142 g/mol. The average Bonchev–Trinajstić information content (AvgIpc) is 2.07. The lowest BCUT2D eigenvalue weighted by Gasteiger charge is -2.24. The molecule has 1 fully saturated rings. The highest BCUT2D eigenvalue weighted by molar-refractivity contribution is 5.01. The summed E-state index contributed by atoms with van der Waals surface area (Å²) in [6.45, 7) is 4.25. The molecule has 0 spiro atoms. The predicted molar refractivity (Wildman–Crippen MR) is 42.1 cm³/mol. The minimum Gasteiger partial charge on any atom is -0.384 e. The largest absolute Gasteiger partial charge is 0.384 e. The quantitative estimate of drug-likeness (QED) is 0.509. The molecular formula is C8H13NO2. The highest BCUT2D eigenvalue weighted by atomic mass is 16.5. The van der Waals surface area contributed by atoms with Crippen LogP contribution in [-0.2, 0) is 4.74 Å². The van der Waals surface area contributed by atoms with E-state index in [0.717, 1.165) is 32.8 Å². The summed E-state index contributed by atoms with van der Waals surface area (Å²) in [5.74, 6) is 5.49. The summed E-state index contributed by atoms with van der Waals surface area (Å²) in [7, 11) is 0. The first kappa shape index (κ1) is 8.54. The standard InChI is InChI=1S/C8H13NO2/c10-6-2-1-3-9-4-7-11-8-5-9/h10H,3-8H2. The Balaban J connectivity index is 2.14. The third-order valence-corrected chi connectivity index (χ3v) is 1.61. The summed E-state index contributed by atoms with van der Waals surface area (Å²) < 4.78 is 5.17. The molecule has 11 heavy (non-hydrogen) atoms. The molecule has 1 rings (SSSR count). The predicted octanol–water partition coefficient (Wildman–Crippen LogP) is -0.686. The maximum absolute atomic E-state index is 8.38. The zero-order valence-corrected chi connectivity index (χ0v) is 6.55. The maximum atomic E-state index is 8.38. The fraction of sp³-hybridized carbons (Fsp3) is 0.750. The van der Waals surface area contributed by atoms with Gasteiger partial charge >= 0.3 is 0 Å². The van der Waals surface area contributed by atoms with Crippen LogP contribution in [0.15, 0.2) is 0 Å². The Labute approximate surface area is 67.0 Å². The molecule has 0 amide bonds. The Morgan fingerprint density at radius 3 is 2.64 bits per heavy atom. The van der Waals surface area contributed by atoms with Gasteiger partial charge in [-0.15, -0.1) is 0 Å². The average molecular weight is 155 g/mol. The SMILES string of the molecule is OCC#CCN1CCOCC1. The summed E-state index contributed by atoms with van der Waals surface area (Å²) in [6.07, 6.45) is 0. The van der Waals surface area contributed by atoms with E-state index >= 15 is 0 Å². The third kappa shape index (κ3) is 3.38. The molecule has 0 aliphatic carbocycles. The van der Waals surface area contributed by atoms with Crippen molar-refractivity contribution in [3.8, 4) is 11.8 Å². The van der Waals surface area contributed by atoms with Gasteiger partial charge in [-0.2, -0.15) is 0 Å². The summed E-state index contributed by atoms with van der Waals surface area (Å²) >= 11 is 0. The molecule has 0 aromatic heterocycles. The topological polar surface area (TPSA) is 32.7 Å². The highest BCUT2D eigenvalue weighted by Crippen LogP contribution is 1.94. The lowest BCUT2D eigenvalue weighted by molar-refractivity contribution is 0.0443. The van der Waals surface area contributed by atoms with Gasteiger partial charge in [-0.3, -0.25) is 4.90 Å². The number of hydrogen-bond donors (Lipinski definition) is 1. The fourth-order valence-corrected chi connectivity index (χ4v) is 0.983. The van der Waals surface area contributed by atoms with Crippen LogP contribution in [0.4, 0.5) is 0 Å². The summed E-state index contributed by atoms with van der Waals surface area (Å²) in [5, 5.41) is 8.38. The molecule has 0 unspecified atom stereocenters. The van der Waals surface area contributed by atoms with E-state index in [1.807, 2.05) is 0 Å². The van der Waals surface area contributed by atoms with Gasteiger partial charge in [0.2, 0.25) is 0 Å². The van der Waals surface area contributed by atoms with Crippen molar-refractivity contribution in [2.75, 3.05) is 39.5 Å². The molecule has 0 bridgehead atoms. The third-order valence-electron chi connectivity index (χ3n) is 1.61. The van der Waals surface area contributed by atoms with Crippen molar-refractivity contribution in [2.24, 2.45) is 0 Å². The molecule has 1 aliphatic rings. The van der Waals surface area contributed by atoms with E-state index in [-0.39, 0.29) is 6.61 Å². The smallest absolute Gasteiger partial charge is 0.104 e. The lowest BCUT2D eigenvalue weighted by atomic mass is 10.4. The molecule has 1 N–H and O–H groups in total. The number of rotatable bonds is 1. The van der Waals surface area contributed by atoms with Crippen LogP contribution in [0, 0.1) is 11.8 Å². The van der Waals surface area contributed by atoms with Crippen molar-refractivity contribution >= 4 is 0 Å². The molecule has 1 aliphatic heterocycles. The zero-order valence-electron chi connectivity index (χ0n) is 6.55. The molecule has 0 saturated carbocycles. The van der Waals surface area contributed by atoms with Crippen LogP contribution in [0.5, 0.6) is 0 Å². The van der Waals surface area contributed by atoms with Gasteiger partial charge in [0.15, 0.2) is 0 Å². The Morgan fingerprint density at radius 1 is 1.27 bits per heavy atom. The number of ether oxygens (including phenoxy) is 1. The molecule has 1 heterocycles. The van der Waals surface area contributed by atoms with Crippen molar-refractivity contribution in [3.05, 3.63) is 0 Å². The van der Waals surface area contributed by atoms with Gasteiger partial charge in [-0.25, -0.2) is 0 Å². The van der Waals surface area contributed by atoms with E-state index in [1.165, 1.54) is 0 Å². The fourth-order valence-electron chi connectivity index (χ4n) is 0.983. The van der Waals surface area contributed by atoms with Crippen LogP contribution in [0.2, 0.25) is 0 Å². The number of hydrogen-bond acceptors (Lipinski definition) is 3.